The Kier molecular flexibility index (Phi) is 4.96. The monoisotopic (exact) mass is 241 g/mol. The molecule has 96 valence electrons. The number of aromatic amines is 2. The minimum absolute atomic E-state index is 0.173. The molecular formula is C11H19N3O3. The number of carbonyl (C=O) groups excluding carboxylic acids is 1. The fourth-order valence-electron chi connectivity index (χ4n) is 1.75. The van der Waals surface area contributed by atoms with E-state index in [1.807, 2.05) is 13.8 Å². The molecule has 1 unspecified atom stereocenters. The van der Waals surface area contributed by atoms with Gasteiger partial charge in [0, 0.05) is 12.7 Å². The highest BCUT2D eigenvalue weighted by molar-refractivity contribution is 5.91. The maximum absolute atomic E-state index is 11.5. The molecule has 0 aliphatic carbocycles. The molecule has 0 saturated carbocycles. The summed E-state index contributed by atoms with van der Waals surface area (Å²) in [4.78, 5) is 27.0. The molecular weight excluding hydrogens is 222 g/mol. The second kappa shape index (κ2) is 6.24. The molecule has 1 amide bonds. The molecule has 0 aromatic carbocycles. The van der Waals surface area contributed by atoms with Crippen molar-refractivity contribution in [1.29, 1.82) is 0 Å². The van der Waals surface area contributed by atoms with Gasteiger partial charge in [0.1, 0.15) is 5.69 Å². The summed E-state index contributed by atoms with van der Waals surface area (Å²) in [5.41, 5.74) is -0.248. The Morgan fingerprint density at radius 1 is 1.47 bits per heavy atom. The van der Waals surface area contributed by atoms with Crippen LogP contribution in [0.5, 0.6) is 0 Å². The fourth-order valence-corrected chi connectivity index (χ4v) is 1.75. The van der Waals surface area contributed by atoms with Crippen molar-refractivity contribution in [2.24, 2.45) is 5.92 Å². The maximum Gasteiger partial charge on any atom is 0.323 e. The molecule has 1 aromatic heterocycles. The molecule has 0 spiro atoms. The molecule has 17 heavy (non-hydrogen) atoms. The van der Waals surface area contributed by atoms with Crippen LogP contribution in [0.25, 0.3) is 0 Å². The van der Waals surface area contributed by atoms with E-state index >= 15 is 0 Å². The van der Waals surface area contributed by atoms with E-state index in [9.17, 15) is 14.7 Å². The number of aromatic nitrogens is 2. The lowest BCUT2D eigenvalue weighted by Gasteiger charge is -2.20. The molecule has 0 aliphatic heterocycles. The molecule has 0 radical (unpaired) electrons. The molecule has 0 saturated heterocycles. The Morgan fingerprint density at radius 2 is 2.12 bits per heavy atom. The Hall–Kier alpha value is -1.56. The molecule has 0 aliphatic rings. The molecule has 6 heteroatoms. The maximum atomic E-state index is 11.5. The summed E-state index contributed by atoms with van der Waals surface area (Å²) < 4.78 is 0. The highest BCUT2D eigenvalue weighted by Gasteiger charge is 2.17. The van der Waals surface area contributed by atoms with Gasteiger partial charge in [-0.3, -0.25) is 4.79 Å². The van der Waals surface area contributed by atoms with E-state index in [4.69, 9.17) is 0 Å². The molecule has 1 aromatic rings. The van der Waals surface area contributed by atoms with E-state index < -0.39 is 17.7 Å². The first-order valence-electron chi connectivity index (χ1n) is 5.82. The third kappa shape index (κ3) is 3.74. The minimum atomic E-state index is -0.556. The van der Waals surface area contributed by atoms with E-state index in [2.05, 4.69) is 15.3 Å². The van der Waals surface area contributed by atoms with Crippen LogP contribution < -0.4 is 11.0 Å². The Bertz CT molecular complexity index is 406. The van der Waals surface area contributed by atoms with Gasteiger partial charge >= 0.3 is 5.69 Å². The largest absolute Gasteiger partial charge is 0.391 e. The minimum Gasteiger partial charge on any atom is -0.391 e. The number of hydrogen-bond acceptors (Lipinski definition) is 3. The van der Waals surface area contributed by atoms with Gasteiger partial charge in [-0.1, -0.05) is 26.7 Å². The van der Waals surface area contributed by atoms with Crippen LogP contribution in [0, 0.1) is 5.92 Å². The summed E-state index contributed by atoms with van der Waals surface area (Å²) in [5, 5.41) is 12.4. The van der Waals surface area contributed by atoms with Crippen molar-refractivity contribution in [2.45, 2.75) is 32.8 Å². The van der Waals surface area contributed by atoms with Gasteiger partial charge in [-0.05, 0) is 5.92 Å². The zero-order valence-corrected chi connectivity index (χ0v) is 10.1. The van der Waals surface area contributed by atoms with Crippen molar-refractivity contribution >= 4 is 5.91 Å². The van der Waals surface area contributed by atoms with E-state index in [1.165, 1.54) is 6.20 Å². The lowest BCUT2D eigenvalue weighted by Crippen LogP contribution is -2.36. The molecule has 1 atom stereocenters. The zero-order chi connectivity index (χ0) is 12.8. The van der Waals surface area contributed by atoms with Crippen LogP contribution in [0.3, 0.4) is 0 Å². The Balaban J connectivity index is 2.45. The van der Waals surface area contributed by atoms with E-state index in [-0.39, 0.29) is 18.2 Å². The predicted octanol–water partition coefficient (Wildman–Crippen LogP) is 0.230. The number of aliphatic hydroxyl groups excluding tert-OH is 1. The lowest BCUT2D eigenvalue weighted by atomic mass is 9.96. The average molecular weight is 241 g/mol. The second-order valence-corrected chi connectivity index (χ2v) is 4.01. The van der Waals surface area contributed by atoms with E-state index in [0.717, 1.165) is 12.8 Å². The van der Waals surface area contributed by atoms with Crippen LogP contribution in [-0.2, 0) is 0 Å². The summed E-state index contributed by atoms with van der Waals surface area (Å²) in [7, 11) is 0. The molecule has 0 bridgehead atoms. The van der Waals surface area contributed by atoms with Crippen LogP contribution in [0.2, 0.25) is 0 Å². The number of amides is 1. The summed E-state index contributed by atoms with van der Waals surface area (Å²) in [5.74, 6) is -0.214. The van der Waals surface area contributed by atoms with Crippen molar-refractivity contribution in [3.05, 3.63) is 22.4 Å². The van der Waals surface area contributed by atoms with Crippen molar-refractivity contribution in [1.82, 2.24) is 15.3 Å². The van der Waals surface area contributed by atoms with Gasteiger partial charge in [0.25, 0.3) is 5.91 Å². The first-order chi connectivity index (χ1) is 8.08. The Morgan fingerprint density at radius 3 is 2.59 bits per heavy atom. The molecule has 1 rings (SSSR count). The van der Waals surface area contributed by atoms with Gasteiger partial charge in [0.15, 0.2) is 0 Å². The number of rotatable bonds is 6. The number of H-pyrrole nitrogens is 2. The van der Waals surface area contributed by atoms with Crippen molar-refractivity contribution in [3.63, 3.8) is 0 Å². The van der Waals surface area contributed by atoms with Gasteiger partial charge in [-0.2, -0.15) is 0 Å². The molecule has 4 N–H and O–H groups in total. The zero-order valence-electron chi connectivity index (χ0n) is 10.1. The highest BCUT2D eigenvalue weighted by Crippen LogP contribution is 2.12. The average Bonchev–Trinajstić information content (AvgIpc) is 2.74. The van der Waals surface area contributed by atoms with Crippen LogP contribution in [0.4, 0.5) is 0 Å². The predicted molar refractivity (Wildman–Crippen MR) is 63.8 cm³/mol. The van der Waals surface area contributed by atoms with Crippen molar-refractivity contribution in [2.75, 3.05) is 6.54 Å². The van der Waals surface area contributed by atoms with Crippen LogP contribution >= 0.6 is 0 Å². The third-order valence-electron chi connectivity index (χ3n) is 2.91. The van der Waals surface area contributed by atoms with Gasteiger partial charge in [-0.25, -0.2) is 4.79 Å². The van der Waals surface area contributed by atoms with Crippen molar-refractivity contribution in [3.8, 4) is 0 Å². The topological polar surface area (TPSA) is 98.0 Å². The van der Waals surface area contributed by atoms with E-state index in [0.29, 0.717) is 0 Å². The van der Waals surface area contributed by atoms with E-state index in [1.54, 1.807) is 0 Å². The third-order valence-corrected chi connectivity index (χ3v) is 2.91. The summed E-state index contributed by atoms with van der Waals surface area (Å²) in [6.45, 7) is 4.20. The highest BCUT2D eigenvalue weighted by atomic mass is 16.3. The summed E-state index contributed by atoms with van der Waals surface area (Å²) in [6, 6.07) is 0. The number of imidazole rings is 1. The van der Waals surface area contributed by atoms with Crippen LogP contribution in [0.15, 0.2) is 11.0 Å². The lowest BCUT2D eigenvalue weighted by molar-refractivity contribution is 0.0813. The second-order valence-electron chi connectivity index (χ2n) is 4.01. The number of aliphatic hydroxyl groups is 1. The van der Waals surface area contributed by atoms with Gasteiger partial charge in [0.05, 0.1) is 6.10 Å². The van der Waals surface area contributed by atoms with Gasteiger partial charge in [0.2, 0.25) is 0 Å². The van der Waals surface area contributed by atoms with Crippen LogP contribution in [-0.4, -0.2) is 33.6 Å². The molecule has 6 nitrogen and oxygen atoms in total. The Labute approximate surface area is 99.4 Å². The normalized spacial score (nSPS) is 12.7. The smallest absolute Gasteiger partial charge is 0.323 e. The number of carbonyl (C=O) groups is 1. The summed E-state index contributed by atoms with van der Waals surface area (Å²) in [6.07, 6.45) is 2.49. The number of hydrogen-bond donors (Lipinski definition) is 4. The quantitative estimate of drug-likeness (QED) is 0.574. The molecule has 0 fully saturated rings. The standard InChI is InChI=1S/C11H19N3O3/c1-3-7(4-2)9(15)6-12-10(16)8-5-13-11(17)14-8/h5,7,9,15H,3-4,6H2,1-2H3,(H,12,16)(H2,13,14,17). The fraction of sp³-hybridized carbons (Fsp3) is 0.636. The SMILES string of the molecule is CCC(CC)C(O)CNC(=O)c1c[nH]c(=O)[nH]1. The van der Waals surface area contributed by atoms with Crippen LogP contribution in [0.1, 0.15) is 37.2 Å². The number of nitrogens with one attached hydrogen (secondary N) is 3. The van der Waals surface area contributed by atoms with Gasteiger partial charge in [-0.15, -0.1) is 0 Å². The summed E-state index contributed by atoms with van der Waals surface area (Å²) >= 11 is 0. The first kappa shape index (κ1) is 13.5. The van der Waals surface area contributed by atoms with Gasteiger partial charge < -0.3 is 20.4 Å². The first-order valence-corrected chi connectivity index (χ1v) is 5.82. The van der Waals surface area contributed by atoms with Crippen molar-refractivity contribution < 1.29 is 9.90 Å². The molecule has 1 heterocycles.